The van der Waals surface area contributed by atoms with Gasteiger partial charge in [-0.3, -0.25) is 4.79 Å². The van der Waals surface area contributed by atoms with Crippen LogP contribution in [0.2, 0.25) is 0 Å². The second-order valence-electron chi connectivity index (χ2n) is 8.42. The fourth-order valence-corrected chi connectivity index (χ4v) is 4.93. The predicted octanol–water partition coefficient (Wildman–Crippen LogP) is 6.68. The Balaban J connectivity index is 1.72. The molecule has 0 saturated heterocycles. The molecule has 2 atom stereocenters. The van der Waals surface area contributed by atoms with Crippen LogP contribution in [0.3, 0.4) is 0 Å². The van der Waals surface area contributed by atoms with E-state index in [0.29, 0.717) is 12.0 Å². The molecule has 0 aliphatic rings. The van der Waals surface area contributed by atoms with E-state index in [4.69, 9.17) is 4.74 Å². The van der Waals surface area contributed by atoms with E-state index in [1.165, 1.54) is 0 Å². The van der Waals surface area contributed by atoms with Gasteiger partial charge in [-0.2, -0.15) is 0 Å². The molecule has 3 aromatic carbocycles. The van der Waals surface area contributed by atoms with Crippen molar-refractivity contribution in [1.82, 2.24) is 5.32 Å². The van der Waals surface area contributed by atoms with Gasteiger partial charge in [0.1, 0.15) is 12.4 Å². The number of aromatic hydroxyl groups is 1. The van der Waals surface area contributed by atoms with Gasteiger partial charge in [0.15, 0.2) is 5.78 Å². The van der Waals surface area contributed by atoms with E-state index in [9.17, 15) is 14.7 Å². The highest BCUT2D eigenvalue weighted by atomic mass is 32.2. The summed E-state index contributed by atoms with van der Waals surface area (Å²) in [4.78, 5) is 24.0. The van der Waals surface area contributed by atoms with Crippen molar-refractivity contribution in [2.45, 2.75) is 51.5 Å². The second-order valence-corrected chi connectivity index (χ2v) is 9.80. The Labute approximate surface area is 211 Å². The number of hydrogen-bond acceptors (Lipinski definition) is 5. The summed E-state index contributed by atoms with van der Waals surface area (Å²) in [7, 11) is 0. The van der Waals surface area contributed by atoms with Crippen LogP contribution in [0.5, 0.6) is 5.75 Å². The molecule has 1 amide bonds. The van der Waals surface area contributed by atoms with Crippen molar-refractivity contribution in [3.63, 3.8) is 0 Å². The number of phenols is 1. The normalized spacial score (nSPS) is 12.5. The number of ketones is 1. The van der Waals surface area contributed by atoms with Crippen LogP contribution in [0.4, 0.5) is 4.79 Å². The van der Waals surface area contributed by atoms with Gasteiger partial charge < -0.3 is 15.2 Å². The lowest BCUT2D eigenvalue weighted by Crippen LogP contribution is -2.36. The monoisotopic (exact) mass is 491 g/mol. The van der Waals surface area contributed by atoms with E-state index in [1.807, 2.05) is 73.7 Å². The van der Waals surface area contributed by atoms with Crippen LogP contribution in [0.15, 0.2) is 72.8 Å². The second kappa shape index (κ2) is 13.0. The summed E-state index contributed by atoms with van der Waals surface area (Å²) >= 11 is 1.72. The summed E-state index contributed by atoms with van der Waals surface area (Å²) in [6.45, 7) is 5.89. The lowest BCUT2D eigenvalue weighted by Gasteiger charge is -2.21. The fraction of sp³-hybridized carbons (Fsp3) is 0.310. The summed E-state index contributed by atoms with van der Waals surface area (Å²) < 4.78 is 5.38. The van der Waals surface area contributed by atoms with Gasteiger partial charge >= 0.3 is 6.09 Å². The van der Waals surface area contributed by atoms with E-state index >= 15 is 0 Å². The maximum absolute atomic E-state index is 12.4. The number of phenolic OH excluding ortho intramolecular Hbond substituents is 1. The van der Waals surface area contributed by atoms with Crippen molar-refractivity contribution < 1.29 is 19.4 Å². The van der Waals surface area contributed by atoms with E-state index in [2.05, 4.69) is 12.2 Å². The number of rotatable bonds is 11. The average molecular weight is 492 g/mol. The highest BCUT2D eigenvalue weighted by Crippen LogP contribution is 2.40. The molecule has 0 radical (unpaired) electrons. The molecule has 0 aromatic heterocycles. The maximum atomic E-state index is 12.4. The Morgan fingerprint density at radius 2 is 1.69 bits per heavy atom. The molecule has 0 aliphatic carbocycles. The first-order valence-electron chi connectivity index (χ1n) is 11.9. The van der Waals surface area contributed by atoms with Crippen LogP contribution in [0.1, 0.15) is 65.1 Å². The quantitative estimate of drug-likeness (QED) is 0.293. The number of ether oxygens (including phenoxy) is 1. The van der Waals surface area contributed by atoms with Crippen molar-refractivity contribution in [3.05, 3.63) is 101 Å². The fourth-order valence-electron chi connectivity index (χ4n) is 3.88. The molecule has 2 N–H and O–H groups in total. The van der Waals surface area contributed by atoms with Gasteiger partial charge in [0.05, 0.1) is 5.25 Å². The summed E-state index contributed by atoms with van der Waals surface area (Å²) in [6, 6.07) is 22.7. The zero-order valence-corrected chi connectivity index (χ0v) is 21.3. The lowest BCUT2D eigenvalue weighted by molar-refractivity contribution is 0.101. The minimum Gasteiger partial charge on any atom is -0.508 e. The largest absolute Gasteiger partial charge is 0.508 e. The number of amides is 1. The summed E-state index contributed by atoms with van der Waals surface area (Å²) in [5.41, 5.74) is 4.49. The van der Waals surface area contributed by atoms with Gasteiger partial charge in [0.25, 0.3) is 0 Å². The predicted molar refractivity (Wildman–Crippen MR) is 142 cm³/mol. The van der Waals surface area contributed by atoms with Gasteiger partial charge in [-0.25, -0.2) is 4.79 Å². The van der Waals surface area contributed by atoms with Gasteiger partial charge in [-0.05, 0) is 48.3 Å². The highest BCUT2D eigenvalue weighted by Gasteiger charge is 2.20. The molecule has 2 unspecified atom stereocenters. The molecular weight excluding hydrogens is 458 g/mol. The van der Waals surface area contributed by atoms with Gasteiger partial charge in [-0.1, -0.05) is 80.6 Å². The Hall–Kier alpha value is -3.25. The van der Waals surface area contributed by atoms with Crippen LogP contribution < -0.4 is 5.32 Å². The number of alkyl carbamates (subject to hydrolysis) is 1. The number of hydrogen-bond donors (Lipinski definition) is 2. The molecule has 0 fully saturated rings. The standard InChI is InChI=1S/C29H33NO4S/c1-4-25(30-29(33)34-19-21-9-7-6-8-10-21)17-22-11-16-27(32)26(18-22)28(35-5-2)24-14-12-23(13-15-24)20(3)31/h6-16,18,25,28,32H,4-5,17,19H2,1-3H3,(H,30,33). The third-order valence-electron chi connectivity index (χ3n) is 5.84. The van der Waals surface area contributed by atoms with Crippen molar-refractivity contribution in [2.24, 2.45) is 0 Å². The average Bonchev–Trinajstić information content (AvgIpc) is 2.87. The minimum atomic E-state index is -0.440. The number of carbonyl (C=O) groups is 2. The van der Waals surface area contributed by atoms with Gasteiger partial charge in [0, 0.05) is 17.2 Å². The first kappa shape index (κ1) is 26.4. The summed E-state index contributed by atoms with van der Waals surface area (Å²) in [5, 5.41) is 13.6. The Bertz CT molecular complexity index is 1120. The highest BCUT2D eigenvalue weighted by molar-refractivity contribution is 7.99. The van der Waals surface area contributed by atoms with Crippen molar-refractivity contribution in [1.29, 1.82) is 0 Å². The molecule has 3 rings (SSSR count). The maximum Gasteiger partial charge on any atom is 0.407 e. The Morgan fingerprint density at radius 1 is 0.971 bits per heavy atom. The van der Waals surface area contributed by atoms with Crippen molar-refractivity contribution in [2.75, 3.05) is 5.75 Å². The first-order chi connectivity index (χ1) is 16.9. The molecule has 35 heavy (non-hydrogen) atoms. The molecule has 6 heteroatoms. The number of carbonyl (C=O) groups excluding carboxylic acids is 2. The Kier molecular flexibility index (Phi) is 9.79. The summed E-state index contributed by atoms with van der Waals surface area (Å²) in [6.07, 6.45) is 0.928. The SMILES string of the molecule is CCSC(c1ccc(C(C)=O)cc1)c1cc(CC(CC)NC(=O)OCc2ccccc2)ccc1O. The molecule has 3 aromatic rings. The number of benzene rings is 3. The third-order valence-corrected chi connectivity index (χ3v) is 7.03. The van der Waals surface area contributed by atoms with E-state index in [0.717, 1.165) is 34.4 Å². The minimum absolute atomic E-state index is 0.0292. The van der Waals surface area contributed by atoms with Crippen LogP contribution in [-0.2, 0) is 17.8 Å². The number of nitrogens with one attached hydrogen (secondary N) is 1. The van der Waals surface area contributed by atoms with Gasteiger partial charge in [0.2, 0.25) is 0 Å². The van der Waals surface area contributed by atoms with Crippen LogP contribution >= 0.6 is 11.8 Å². The van der Waals surface area contributed by atoms with Gasteiger partial charge in [-0.15, -0.1) is 11.8 Å². The lowest BCUT2D eigenvalue weighted by atomic mass is 9.96. The molecular formula is C29H33NO4S. The van der Waals surface area contributed by atoms with E-state index < -0.39 is 6.09 Å². The van der Waals surface area contributed by atoms with Crippen LogP contribution in [0.25, 0.3) is 0 Å². The smallest absolute Gasteiger partial charge is 0.407 e. The van der Waals surface area contributed by atoms with E-state index in [-0.39, 0.29) is 29.4 Å². The molecule has 0 bridgehead atoms. The molecule has 0 spiro atoms. The number of Topliss-reactive ketones (excluding diaryl/α,β-unsaturated/α-hetero) is 1. The van der Waals surface area contributed by atoms with Crippen molar-refractivity contribution in [3.8, 4) is 5.75 Å². The molecule has 0 heterocycles. The first-order valence-corrected chi connectivity index (χ1v) is 13.0. The zero-order valence-electron chi connectivity index (χ0n) is 20.5. The van der Waals surface area contributed by atoms with Crippen LogP contribution in [-0.4, -0.2) is 28.8 Å². The third kappa shape index (κ3) is 7.62. The molecule has 0 saturated carbocycles. The molecule has 0 aliphatic heterocycles. The number of thioether (sulfide) groups is 1. The van der Waals surface area contributed by atoms with E-state index in [1.54, 1.807) is 24.8 Å². The summed E-state index contributed by atoms with van der Waals surface area (Å²) in [5.74, 6) is 1.13. The molecule has 5 nitrogen and oxygen atoms in total. The van der Waals surface area contributed by atoms with Crippen LogP contribution in [0, 0.1) is 0 Å². The topological polar surface area (TPSA) is 75.6 Å². The Morgan fingerprint density at radius 3 is 2.31 bits per heavy atom. The molecule has 184 valence electrons. The van der Waals surface area contributed by atoms with Crippen molar-refractivity contribution >= 4 is 23.6 Å². The zero-order chi connectivity index (χ0) is 25.2.